The van der Waals surface area contributed by atoms with Crippen LogP contribution < -0.4 is 0 Å². The third kappa shape index (κ3) is 2.35. The third-order valence-electron chi connectivity index (χ3n) is 3.07. The van der Waals surface area contributed by atoms with E-state index in [0.29, 0.717) is 13.0 Å². The molecule has 0 amide bonds. The van der Waals surface area contributed by atoms with Crippen LogP contribution in [-0.4, -0.2) is 19.5 Å². The van der Waals surface area contributed by atoms with Gasteiger partial charge in [0.15, 0.2) is 0 Å². The van der Waals surface area contributed by atoms with Gasteiger partial charge < -0.3 is 4.74 Å². The second kappa shape index (κ2) is 5.15. The van der Waals surface area contributed by atoms with Gasteiger partial charge in [-0.25, -0.2) is 0 Å². The Morgan fingerprint density at radius 2 is 2.12 bits per heavy atom. The summed E-state index contributed by atoms with van der Waals surface area (Å²) >= 11 is 3.62. The average molecular weight is 295 g/mol. The summed E-state index contributed by atoms with van der Waals surface area (Å²) in [6.45, 7) is 2.20. The average Bonchev–Trinajstić information content (AvgIpc) is 2.55. The first-order valence-electron chi connectivity index (χ1n) is 5.61. The van der Waals surface area contributed by atoms with Crippen molar-refractivity contribution in [2.24, 2.45) is 0 Å². The summed E-state index contributed by atoms with van der Waals surface area (Å²) < 4.78 is 6.32. The van der Waals surface area contributed by atoms with Gasteiger partial charge in [0.1, 0.15) is 5.78 Å². The summed E-state index contributed by atoms with van der Waals surface area (Å²) in [6.07, 6.45) is 0.546. The molecule has 0 saturated carbocycles. The van der Waals surface area contributed by atoms with E-state index in [4.69, 9.17) is 4.74 Å². The van der Waals surface area contributed by atoms with Gasteiger partial charge in [0.25, 0.3) is 0 Å². The van der Waals surface area contributed by atoms with Crippen LogP contribution in [-0.2, 0) is 9.53 Å². The van der Waals surface area contributed by atoms with Crippen molar-refractivity contribution in [3.8, 4) is 0 Å². The van der Waals surface area contributed by atoms with Crippen molar-refractivity contribution in [1.82, 2.24) is 0 Å². The predicted molar refractivity (Wildman–Crippen MR) is 72.2 cm³/mol. The molecule has 1 aliphatic carbocycles. The van der Waals surface area contributed by atoms with Crippen LogP contribution in [0, 0.1) is 0 Å². The Hall–Kier alpha value is -0.930. The predicted octanol–water partition coefficient (Wildman–Crippen LogP) is 3.52. The summed E-state index contributed by atoms with van der Waals surface area (Å²) in [4.78, 5) is 11.4. The molecule has 0 saturated heterocycles. The zero-order chi connectivity index (χ0) is 12.4. The van der Waals surface area contributed by atoms with Crippen LogP contribution in [0.15, 0.2) is 29.8 Å². The van der Waals surface area contributed by atoms with Crippen LogP contribution >= 0.6 is 15.9 Å². The third-order valence-corrected chi connectivity index (χ3v) is 4.00. The van der Waals surface area contributed by atoms with Gasteiger partial charge in [-0.3, -0.25) is 4.79 Å². The Morgan fingerprint density at radius 1 is 1.41 bits per heavy atom. The van der Waals surface area contributed by atoms with Crippen molar-refractivity contribution in [3.63, 3.8) is 0 Å². The molecule has 0 aliphatic heterocycles. The van der Waals surface area contributed by atoms with Gasteiger partial charge in [-0.05, 0) is 23.6 Å². The highest BCUT2D eigenvalue weighted by Gasteiger charge is 2.30. The fourth-order valence-corrected chi connectivity index (χ4v) is 3.11. The summed E-state index contributed by atoms with van der Waals surface area (Å²) in [5.74, 6) is 0.374. The molecule has 2 rings (SSSR count). The summed E-state index contributed by atoms with van der Waals surface area (Å²) in [5, 5.41) is 0. The molecule has 0 fully saturated rings. The number of halogens is 1. The molecule has 0 heterocycles. The molecular formula is C14H15BrO2. The molecule has 17 heavy (non-hydrogen) atoms. The smallest absolute Gasteiger partial charge is 0.130 e. The Kier molecular flexibility index (Phi) is 3.79. The monoisotopic (exact) mass is 294 g/mol. The first-order valence-corrected chi connectivity index (χ1v) is 6.40. The number of fused-ring (bicyclic) bond motifs is 1. The molecule has 0 bridgehead atoms. The normalized spacial score (nSPS) is 18.4. The summed E-state index contributed by atoms with van der Waals surface area (Å²) in [5.41, 5.74) is 3.58. The van der Waals surface area contributed by atoms with Gasteiger partial charge in [-0.15, -0.1) is 0 Å². The van der Waals surface area contributed by atoms with E-state index in [0.717, 1.165) is 4.48 Å². The van der Waals surface area contributed by atoms with E-state index < -0.39 is 0 Å². The second-order valence-corrected chi connectivity index (χ2v) is 5.11. The zero-order valence-corrected chi connectivity index (χ0v) is 11.6. The number of Topliss-reactive ketones (excluding diaryl/α,β-unsaturated/α-hetero) is 1. The lowest BCUT2D eigenvalue weighted by atomic mass is 9.91. The Balaban J connectivity index is 2.43. The molecule has 1 aliphatic rings. The van der Waals surface area contributed by atoms with Crippen molar-refractivity contribution < 1.29 is 9.53 Å². The van der Waals surface area contributed by atoms with E-state index in [9.17, 15) is 4.79 Å². The van der Waals surface area contributed by atoms with Crippen LogP contribution in [0.2, 0.25) is 0 Å². The number of ether oxygens (including phenoxy) is 1. The number of hydrogen-bond donors (Lipinski definition) is 0. The van der Waals surface area contributed by atoms with Crippen molar-refractivity contribution >= 4 is 26.2 Å². The van der Waals surface area contributed by atoms with Gasteiger partial charge in [0.2, 0.25) is 0 Å². The van der Waals surface area contributed by atoms with E-state index in [1.165, 1.54) is 16.7 Å². The number of methoxy groups -OCH3 is 1. The maximum atomic E-state index is 11.4. The molecule has 1 aromatic rings. The number of ketones is 1. The molecule has 2 nitrogen and oxygen atoms in total. The van der Waals surface area contributed by atoms with Crippen LogP contribution in [0.3, 0.4) is 0 Å². The Labute approximate surface area is 110 Å². The standard InChI is InChI=1S/C14H15BrO2/c1-9(16)7-12-10-5-3-4-6-11(10)14(15)13(12)8-17-2/h3-6,12H,7-8H2,1-2H3. The number of carbonyl (C=O) groups excluding carboxylic acids is 1. The molecule has 1 atom stereocenters. The molecule has 1 aromatic carbocycles. The van der Waals surface area contributed by atoms with Crippen LogP contribution in [0.4, 0.5) is 0 Å². The lowest BCUT2D eigenvalue weighted by Crippen LogP contribution is -2.08. The largest absolute Gasteiger partial charge is 0.380 e. The lowest BCUT2D eigenvalue weighted by molar-refractivity contribution is -0.117. The van der Waals surface area contributed by atoms with Crippen molar-refractivity contribution in [2.45, 2.75) is 19.3 Å². The molecule has 0 N–H and O–H groups in total. The first-order chi connectivity index (χ1) is 8.15. The highest BCUT2D eigenvalue weighted by Crippen LogP contribution is 2.46. The minimum absolute atomic E-state index is 0.165. The molecule has 0 aromatic heterocycles. The molecule has 3 heteroatoms. The van der Waals surface area contributed by atoms with E-state index in [1.807, 2.05) is 12.1 Å². The topological polar surface area (TPSA) is 26.3 Å². The highest BCUT2D eigenvalue weighted by atomic mass is 79.9. The fraction of sp³-hybridized carbons (Fsp3) is 0.357. The zero-order valence-electron chi connectivity index (χ0n) is 10.00. The lowest BCUT2D eigenvalue weighted by Gasteiger charge is -2.14. The molecule has 0 radical (unpaired) electrons. The van der Waals surface area contributed by atoms with Gasteiger partial charge in [-0.2, -0.15) is 0 Å². The first kappa shape index (κ1) is 12.5. The molecular weight excluding hydrogens is 280 g/mol. The maximum absolute atomic E-state index is 11.4. The fourth-order valence-electron chi connectivity index (χ4n) is 2.35. The number of benzene rings is 1. The summed E-state index contributed by atoms with van der Waals surface area (Å²) in [7, 11) is 1.68. The number of hydrogen-bond acceptors (Lipinski definition) is 2. The second-order valence-electron chi connectivity index (χ2n) is 4.32. The molecule has 0 spiro atoms. The maximum Gasteiger partial charge on any atom is 0.130 e. The van der Waals surface area contributed by atoms with Crippen LogP contribution in [0.1, 0.15) is 30.4 Å². The van der Waals surface area contributed by atoms with Gasteiger partial charge in [0, 0.05) is 23.9 Å². The van der Waals surface area contributed by atoms with E-state index in [-0.39, 0.29) is 11.7 Å². The minimum atomic E-state index is 0.165. The molecule has 90 valence electrons. The van der Waals surface area contributed by atoms with Crippen LogP contribution in [0.5, 0.6) is 0 Å². The van der Waals surface area contributed by atoms with E-state index in [2.05, 4.69) is 28.1 Å². The van der Waals surface area contributed by atoms with Crippen LogP contribution in [0.25, 0.3) is 4.48 Å². The van der Waals surface area contributed by atoms with E-state index in [1.54, 1.807) is 14.0 Å². The highest BCUT2D eigenvalue weighted by molar-refractivity contribution is 9.15. The Bertz CT molecular complexity index is 477. The molecule has 1 unspecified atom stereocenters. The number of rotatable bonds is 4. The minimum Gasteiger partial charge on any atom is -0.380 e. The Morgan fingerprint density at radius 3 is 2.76 bits per heavy atom. The van der Waals surface area contributed by atoms with Crippen molar-refractivity contribution in [3.05, 3.63) is 41.0 Å². The van der Waals surface area contributed by atoms with E-state index >= 15 is 0 Å². The van der Waals surface area contributed by atoms with Crippen molar-refractivity contribution in [1.29, 1.82) is 0 Å². The summed E-state index contributed by atoms with van der Waals surface area (Å²) in [6, 6.07) is 8.20. The van der Waals surface area contributed by atoms with Crippen molar-refractivity contribution in [2.75, 3.05) is 13.7 Å². The van der Waals surface area contributed by atoms with Gasteiger partial charge in [0.05, 0.1) is 6.61 Å². The van der Waals surface area contributed by atoms with Gasteiger partial charge in [-0.1, -0.05) is 40.2 Å². The number of carbonyl (C=O) groups is 1. The SMILES string of the molecule is COCC1=C(Br)c2ccccc2C1CC(C)=O. The van der Waals surface area contributed by atoms with Gasteiger partial charge >= 0.3 is 0 Å². The quantitative estimate of drug-likeness (QED) is 0.849.